The van der Waals surface area contributed by atoms with Gasteiger partial charge in [0.1, 0.15) is 23.8 Å². The summed E-state index contributed by atoms with van der Waals surface area (Å²) < 4.78 is 8.00. The van der Waals surface area contributed by atoms with Crippen molar-refractivity contribution in [3.05, 3.63) is 72.8 Å². The number of carbonyl (C=O) groups excluding carboxylic acids is 2. The van der Waals surface area contributed by atoms with Crippen LogP contribution in [0.2, 0.25) is 0 Å². The Morgan fingerprint density at radius 2 is 1.95 bits per heavy atom. The summed E-state index contributed by atoms with van der Waals surface area (Å²) in [5, 5.41) is 29.2. The van der Waals surface area contributed by atoms with Crippen LogP contribution in [0.1, 0.15) is 12.0 Å². The van der Waals surface area contributed by atoms with Gasteiger partial charge in [0.25, 0.3) is 0 Å². The molecule has 0 saturated carbocycles. The molecule has 3 fully saturated rings. The van der Waals surface area contributed by atoms with E-state index in [-0.39, 0.29) is 30.9 Å². The number of aliphatic hydroxyl groups excluding tert-OH is 1. The number of amides is 2. The van der Waals surface area contributed by atoms with Crippen LogP contribution in [0, 0.1) is 11.8 Å². The molecular weight excluding hydrogens is 594 g/mol. The molecule has 3 aromatic rings. The van der Waals surface area contributed by atoms with E-state index in [4.69, 9.17) is 4.74 Å². The predicted molar refractivity (Wildman–Crippen MR) is 151 cm³/mol. The molecule has 2 N–H and O–H groups in total. The van der Waals surface area contributed by atoms with Crippen molar-refractivity contribution in [2.45, 2.75) is 48.1 Å². The Hall–Kier alpha value is -3.61. The Labute approximate surface area is 244 Å². The Morgan fingerprint density at radius 3 is 2.66 bits per heavy atom. The molecule has 0 radical (unpaired) electrons. The SMILES string of the molecule is C=CCN(Cn1nnc2ccccc21)C(=O)[C@@H]1N([C@@H](CO)Cc2ccccc2)C(=O)[C@H]2[C@H](C(=O)O)[C@H]3O[C@@]12CC3Br. The van der Waals surface area contributed by atoms with Gasteiger partial charge >= 0.3 is 5.97 Å². The van der Waals surface area contributed by atoms with Crippen molar-refractivity contribution in [2.75, 3.05) is 13.2 Å². The van der Waals surface area contributed by atoms with E-state index in [0.29, 0.717) is 5.52 Å². The molecule has 2 aromatic carbocycles. The lowest BCUT2D eigenvalue weighted by atomic mass is 9.70. The van der Waals surface area contributed by atoms with Crippen LogP contribution in [-0.4, -0.2) is 94.6 Å². The first kappa shape index (κ1) is 27.6. The van der Waals surface area contributed by atoms with Crippen molar-refractivity contribution in [3.63, 3.8) is 0 Å². The van der Waals surface area contributed by atoms with Crippen LogP contribution in [-0.2, 0) is 32.2 Å². The first-order chi connectivity index (χ1) is 19.8. The maximum absolute atomic E-state index is 14.6. The van der Waals surface area contributed by atoms with Crippen molar-refractivity contribution in [1.29, 1.82) is 0 Å². The van der Waals surface area contributed by atoms with Crippen LogP contribution in [0.5, 0.6) is 0 Å². The highest BCUT2D eigenvalue weighted by Gasteiger charge is 2.77. The van der Waals surface area contributed by atoms with Crippen molar-refractivity contribution in [2.24, 2.45) is 11.8 Å². The molecule has 11 nitrogen and oxygen atoms in total. The zero-order valence-corrected chi connectivity index (χ0v) is 23.7. The molecule has 2 bridgehead atoms. The molecule has 1 aromatic heterocycles. The fourth-order valence-electron chi connectivity index (χ4n) is 6.89. The highest BCUT2D eigenvalue weighted by atomic mass is 79.9. The summed E-state index contributed by atoms with van der Waals surface area (Å²) in [4.78, 5) is 43.9. The summed E-state index contributed by atoms with van der Waals surface area (Å²) in [6.07, 6.45) is 1.39. The normalized spacial score (nSPS) is 29.1. The Balaban J connectivity index is 1.43. The van der Waals surface area contributed by atoms with Gasteiger partial charge in [0.15, 0.2) is 0 Å². The predicted octanol–water partition coefficient (Wildman–Crippen LogP) is 1.84. The minimum Gasteiger partial charge on any atom is -0.481 e. The van der Waals surface area contributed by atoms with Crippen LogP contribution in [0.4, 0.5) is 0 Å². The number of aromatic nitrogens is 3. The van der Waals surface area contributed by atoms with Crippen molar-refractivity contribution in [1.82, 2.24) is 24.8 Å². The third kappa shape index (κ3) is 4.36. The zero-order valence-electron chi connectivity index (χ0n) is 22.1. The van der Waals surface area contributed by atoms with Gasteiger partial charge in [0, 0.05) is 11.4 Å². The van der Waals surface area contributed by atoms with Crippen LogP contribution < -0.4 is 0 Å². The van der Waals surface area contributed by atoms with E-state index >= 15 is 0 Å². The number of likely N-dealkylation sites (tertiary alicyclic amines) is 1. The van der Waals surface area contributed by atoms with Gasteiger partial charge in [-0.1, -0.05) is 69.7 Å². The largest absolute Gasteiger partial charge is 0.481 e. The second kappa shape index (κ2) is 10.7. The Bertz CT molecular complexity index is 1500. The van der Waals surface area contributed by atoms with E-state index in [1.807, 2.05) is 54.6 Å². The molecule has 12 heteroatoms. The lowest BCUT2D eigenvalue weighted by Crippen LogP contribution is -2.59. The molecule has 1 unspecified atom stereocenters. The number of aliphatic carboxylic acids is 1. The highest BCUT2D eigenvalue weighted by Crippen LogP contribution is 2.60. The number of ether oxygens (including phenoxy) is 1. The standard InChI is InChI=1S/C29H30BrN5O6/c1-2-12-33(16-34-21-11-7-6-10-20(21)31-32-34)27(38)25-29-14-19(30)24(41-29)22(28(39)40)23(29)26(37)35(25)18(15-36)13-17-8-4-3-5-9-17/h2-11,18-19,22-25,36H,1,12-16H2,(H,39,40)/t18-,19?,22+,23-,24+,25+,29-/m1/s1. The van der Waals surface area contributed by atoms with Gasteiger partial charge in [-0.3, -0.25) is 14.4 Å². The minimum atomic E-state index is -1.37. The average molecular weight is 624 g/mol. The van der Waals surface area contributed by atoms with Crippen molar-refractivity contribution in [3.8, 4) is 0 Å². The number of para-hydroxylation sites is 1. The molecule has 7 atom stereocenters. The number of carbonyl (C=O) groups is 3. The van der Waals surface area contributed by atoms with E-state index in [1.54, 1.807) is 10.8 Å². The second-order valence-corrected chi connectivity index (χ2v) is 12.0. The lowest BCUT2D eigenvalue weighted by Gasteiger charge is -2.39. The number of hydrogen-bond donors (Lipinski definition) is 2. The van der Waals surface area contributed by atoms with E-state index in [2.05, 4.69) is 32.8 Å². The fourth-order valence-corrected chi connectivity index (χ4v) is 7.83. The first-order valence-corrected chi connectivity index (χ1v) is 14.4. The third-order valence-electron chi connectivity index (χ3n) is 8.55. The Morgan fingerprint density at radius 1 is 1.22 bits per heavy atom. The van der Waals surface area contributed by atoms with Crippen molar-refractivity contribution >= 4 is 44.7 Å². The lowest BCUT2D eigenvalue weighted by molar-refractivity contribution is -0.154. The maximum atomic E-state index is 14.6. The van der Waals surface area contributed by atoms with Gasteiger partial charge in [-0.2, -0.15) is 0 Å². The topological polar surface area (TPSA) is 138 Å². The number of carboxylic acids is 1. The second-order valence-electron chi connectivity index (χ2n) is 10.8. The summed E-state index contributed by atoms with van der Waals surface area (Å²) in [5.41, 5.74) is 0.897. The average Bonchev–Trinajstić information content (AvgIpc) is 3.69. The van der Waals surface area contributed by atoms with Crippen LogP contribution in [0.25, 0.3) is 11.0 Å². The molecule has 3 aliphatic rings. The number of carboxylic acid groups (broad SMARTS) is 1. The van der Waals surface area contributed by atoms with Gasteiger partial charge in [0.2, 0.25) is 11.8 Å². The summed E-state index contributed by atoms with van der Waals surface area (Å²) in [6.45, 7) is 3.57. The van der Waals surface area contributed by atoms with Gasteiger partial charge in [-0.05, 0) is 30.5 Å². The summed E-state index contributed by atoms with van der Waals surface area (Å²) in [6, 6.07) is 14.8. The smallest absolute Gasteiger partial charge is 0.310 e. The number of halogens is 1. The van der Waals surface area contributed by atoms with Gasteiger partial charge in [-0.15, -0.1) is 11.7 Å². The number of fused-ring (bicyclic) bond motifs is 2. The zero-order chi connectivity index (χ0) is 28.9. The van der Waals surface area contributed by atoms with E-state index in [1.165, 1.54) is 9.80 Å². The molecule has 6 rings (SSSR count). The number of alkyl halides is 1. The summed E-state index contributed by atoms with van der Waals surface area (Å²) >= 11 is 3.57. The van der Waals surface area contributed by atoms with E-state index in [9.17, 15) is 24.6 Å². The molecule has 0 aliphatic carbocycles. The Kier molecular flexibility index (Phi) is 7.16. The van der Waals surface area contributed by atoms with Gasteiger partial charge < -0.3 is 24.7 Å². The summed E-state index contributed by atoms with van der Waals surface area (Å²) in [5.74, 6) is -4.25. The van der Waals surface area contributed by atoms with E-state index < -0.39 is 60.0 Å². The first-order valence-electron chi connectivity index (χ1n) is 13.5. The number of nitrogens with zero attached hydrogens (tertiary/aromatic N) is 5. The van der Waals surface area contributed by atoms with Crippen LogP contribution in [0.15, 0.2) is 67.3 Å². The molecule has 3 saturated heterocycles. The fraction of sp³-hybridized carbons (Fsp3) is 0.414. The molecule has 1 spiro atoms. The molecule has 4 heterocycles. The number of aliphatic hydroxyl groups is 1. The van der Waals surface area contributed by atoms with Gasteiger partial charge in [-0.25, -0.2) is 4.68 Å². The molecular formula is C29H30BrN5O6. The number of hydrogen-bond acceptors (Lipinski definition) is 7. The molecule has 3 aliphatic heterocycles. The maximum Gasteiger partial charge on any atom is 0.310 e. The van der Waals surface area contributed by atoms with Crippen molar-refractivity contribution < 1.29 is 29.3 Å². The quantitative estimate of drug-likeness (QED) is 0.258. The monoisotopic (exact) mass is 623 g/mol. The van der Waals surface area contributed by atoms with Crippen LogP contribution in [0.3, 0.4) is 0 Å². The molecule has 214 valence electrons. The molecule has 2 amide bonds. The number of benzene rings is 2. The third-order valence-corrected chi connectivity index (χ3v) is 9.40. The minimum absolute atomic E-state index is 0.0245. The number of rotatable bonds is 10. The van der Waals surface area contributed by atoms with E-state index in [0.717, 1.165) is 11.1 Å². The van der Waals surface area contributed by atoms with Gasteiger partial charge in [0.05, 0.1) is 36.1 Å². The summed E-state index contributed by atoms with van der Waals surface area (Å²) in [7, 11) is 0. The highest BCUT2D eigenvalue weighted by molar-refractivity contribution is 9.09. The molecule has 41 heavy (non-hydrogen) atoms. The van der Waals surface area contributed by atoms with Crippen LogP contribution >= 0.6 is 15.9 Å².